The largest absolute Gasteiger partial charge is 0.427 e. The highest BCUT2D eigenvalue weighted by Gasteiger charge is 2.18. The van der Waals surface area contributed by atoms with Crippen LogP contribution >= 0.6 is 0 Å². The van der Waals surface area contributed by atoms with Crippen molar-refractivity contribution in [1.29, 1.82) is 0 Å². The summed E-state index contributed by atoms with van der Waals surface area (Å²) in [7, 11) is 0. The van der Waals surface area contributed by atoms with E-state index in [1.807, 2.05) is 12.1 Å². The van der Waals surface area contributed by atoms with Crippen LogP contribution < -0.4 is 4.74 Å². The predicted molar refractivity (Wildman–Crippen MR) is 104 cm³/mol. The maximum Gasteiger partial charge on any atom is 0.311 e. The summed E-state index contributed by atoms with van der Waals surface area (Å²) < 4.78 is 7.10. The molecule has 144 valence electrons. The van der Waals surface area contributed by atoms with E-state index < -0.39 is 4.92 Å². The molecule has 1 fully saturated rings. The molecule has 0 N–H and O–H groups in total. The minimum absolute atomic E-state index is 0.0108. The first-order chi connectivity index (χ1) is 13.6. The first-order valence-corrected chi connectivity index (χ1v) is 9.53. The Kier molecular flexibility index (Phi) is 5.06. The van der Waals surface area contributed by atoms with Crippen LogP contribution in [0, 0.1) is 16.0 Å². The van der Waals surface area contributed by atoms with Crippen LogP contribution in [-0.2, 0) is 4.79 Å². The van der Waals surface area contributed by atoms with Gasteiger partial charge in [-0.1, -0.05) is 19.3 Å². The van der Waals surface area contributed by atoms with Crippen molar-refractivity contribution in [2.45, 2.75) is 38.5 Å². The molecule has 7 heteroatoms. The summed E-state index contributed by atoms with van der Waals surface area (Å²) in [6.45, 7) is 0. The van der Waals surface area contributed by atoms with Crippen molar-refractivity contribution in [3.8, 4) is 17.0 Å². The fourth-order valence-corrected chi connectivity index (χ4v) is 3.72. The molecular weight excluding hydrogens is 358 g/mol. The van der Waals surface area contributed by atoms with Crippen LogP contribution in [0.1, 0.15) is 38.5 Å². The number of rotatable bonds is 5. The van der Waals surface area contributed by atoms with Crippen molar-refractivity contribution in [3.63, 3.8) is 0 Å². The summed E-state index contributed by atoms with van der Waals surface area (Å²) in [5.41, 5.74) is 2.18. The highest BCUT2D eigenvalue weighted by molar-refractivity contribution is 5.73. The van der Waals surface area contributed by atoms with E-state index >= 15 is 0 Å². The maximum absolute atomic E-state index is 12.1. The lowest BCUT2D eigenvalue weighted by Crippen LogP contribution is -2.16. The highest BCUT2D eigenvalue weighted by Crippen LogP contribution is 2.28. The van der Waals surface area contributed by atoms with Gasteiger partial charge >= 0.3 is 5.97 Å². The number of pyridine rings is 1. The SMILES string of the molecule is O=C(CC1CCCCC1)Oc1ccc(-c2cn3cc([N+](=O)[O-])ccc3n2)cc1. The Morgan fingerprint density at radius 3 is 2.57 bits per heavy atom. The zero-order valence-corrected chi connectivity index (χ0v) is 15.4. The number of benzene rings is 1. The molecule has 0 radical (unpaired) electrons. The average Bonchev–Trinajstić information content (AvgIpc) is 3.12. The minimum atomic E-state index is -0.435. The highest BCUT2D eigenvalue weighted by atomic mass is 16.6. The molecule has 0 amide bonds. The predicted octanol–water partition coefficient (Wildman–Crippen LogP) is 4.79. The molecule has 2 heterocycles. The van der Waals surface area contributed by atoms with Crippen LogP contribution in [0.25, 0.3) is 16.9 Å². The third-order valence-electron chi connectivity index (χ3n) is 5.21. The maximum atomic E-state index is 12.1. The molecule has 0 bridgehead atoms. The molecule has 0 atom stereocenters. The first-order valence-electron chi connectivity index (χ1n) is 9.53. The quantitative estimate of drug-likeness (QED) is 0.275. The number of imidazole rings is 1. The fraction of sp³-hybridized carbons (Fsp3) is 0.333. The number of ether oxygens (including phenoxy) is 1. The lowest BCUT2D eigenvalue weighted by atomic mass is 9.87. The van der Waals surface area contributed by atoms with Gasteiger partial charge in [-0.2, -0.15) is 0 Å². The van der Waals surface area contributed by atoms with Crippen molar-refractivity contribution >= 4 is 17.3 Å². The molecule has 0 unspecified atom stereocenters. The van der Waals surface area contributed by atoms with Crippen LogP contribution in [-0.4, -0.2) is 20.3 Å². The molecule has 28 heavy (non-hydrogen) atoms. The molecular formula is C21H21N3O4. The van der Waals surface area contributed by atoms with Crippen molar-refractivity contribution in [1.82, 2.24) is 9.38 Å². The number of hydrogen-bond acceptors (Lipinski definition) is 5. The first kappa shape index (κ1) is 18.2. The van der Waals surface area contributed by atoms with Gasteiger partial charge in [0.15, 0.2) is 0 Å². The van der Waals surface area contributed by atoms with E-state index in [1.165, 1.54) is 31.5 Å². The van der Waals surface area contributed by atoms with E-state index in [-0.39, 0.29) is 11.7 Å². The zero-order valence-electron chi connectivity index (χ0n) is 15.4. The molecule has 0 aliphatic heterocycles. The van der Waals surface area contributed by atoms with E-state index in [4.69, 9.17) is 4.74 Å². The Labute approximate surface area is 162 Å². The molecule has 7 nitrogen and oxygen atoms in total. The number of carbonyl (C=O) groups excluding carboxylic acids is 1. The summed E-state index contributed by atoms with van der Waals surface area (Å²) in [5, 5.41) is 10.9. The number of esters is 1. The van der Waals surface area contributed by atoms with Crippen LogP contribution in [0.4, 0.5) is 5.69 Å². The van der Waals surface area contributed by atoms with Crippen LogP contribution in [0.2, 0.25) is 0 Å². The van der Waals surface area contributed by atoms with Crippen LogP contribution in [0.15, 0.2) is 48.8 Å². The smallest absolute Gasteiger partial charge is 0.311 e. The zero-order chi connectivity index (χ0) is 19.5. The molecule has 1 saturated carbocycles. The lowest BCUT2D eigenvalue weighted by Gasteiger charge is -2.20. The summed E-state index contributed by atoms with van der Waals surface area (Å²) in [6.07, 6.45) is 9.56. The molecule has 4 rings (SSSR count). The van der Waals surface area contributed by atoms with Gasteiger partial charge in [-0.05, 0) is 49.1 Å². The molecule has 1 aliphatic carbocycles. The summed E-state index contributed by atoms with van der Waals surface area (Å²) >= 11 is 0. The number of carbonyl (C=O) groups is 1. The number of aromatic nitrogens is 2. The Balaban J connectivity index is 1.44. The van der Waals surface area contributed by atoms with Gasteiger partial charge in [0, 0.05) is 24.2 Å². The second-order valence-electron chi connectivity index (χ2n) is 7.24. The standard InChI is InChI=1S/C21H21N3O4/c25-21(12-15-4-2-1-3-5-15)28-18-9-6-16(7-10-18)19-14-23-13-17(24(26)27)8-11-20(23)22-19/h6-11,13-15H,1-5,12H2. The lowest BCUT2D eigenvalue weighted by molar-refractivity contribution is -0.385. The number of nitro groups is 1. The molecule has 3 aromatic rings. The van der Waals surface area contributed by atoms with Crippen molar-refractivity contribution in [3.05, 3.63) is 58.9 Å². The van der Waals surface area contributed by atoms with Crippen molar-refractivity contribution in [2.24, 2.45) is 5.92 Å². The van der Waals surface area contributed by atoms with E-state index in [1.54, 1.807) is 28.8 Å². The van der Waals surface area contributed by atoms with Crippen LogP contribution in [0.3, 0.4) is 0 Å². The van der Waals surface area contributed by atoms with Crippen LogP contribution in [0.5, 0.6) is 5.75 Å². The number of nitrogens with zero attached hydrogens (tertiary/aromatic N) is 3. The Bertz CT molecular complexity index is 1000. The molecule has 0 spiro atoms. The van der Waals surface area contributed by atoms with Gasteiger partial charge in [0.25, 0.3) is 5.69 Å². The van der Waals surface area contributed by atoms with Gasteiger partial charge in [-0.3, -0.25) is 19.3 Å². The van der Waals surface area contributed by atoms with Crippen molar-refractivity contribution in [2.75, 3.05) is 0 Å². The second-order valence-corrected chi connectivity index (χ2v) is 7.24. The molecule has 1 aromatic carbocycles. The monoisotopic (exact) mass is 379 g/mol. The summed E-state index contributed by atoms with van der Waals surface area (Å²) in [4.78, 5) is 27.1. The topological polar surface area (TPSA) is 86.7 Å². The molecule has 1 aliphatic rings. The Hall–Kier alpha value is -3.22. The number of fused-ring (bicyclic) bond motifs is 1. The third-order valence-corrected chi connectivity index (χ3v) is 5.21. The Morgan fingerprint density at radius 2 is 1.86 bits per heavy atom. The summed E-state index contributed by atoms with van der Waals surface area (Å²) in [6, 6.07) is 10.2. The average molecular weight is 379 g/mol. The van der Waals surface area contributed by atoms with E-state index in [0.29, 0.717) is 29.4 Å². The van der Waals surface area contributed by atoms with E-state index in [0.717, 1.165) is 18.4 Å². The van der Waals surface area contributed by atoms with Gasteiger partial charge in [-0.15, -0.1) is 0 Å². The van der Waals surface area contributed by atoms with Crippen molar-refractivity contribution < 1.29 is 14.5 Å². The van der Waals surface area contributed by atoms with Gasteiger partial charge in [0.1, 0.15) is 11.4 Å². The van der Waals surface area contributed by atoms with Gasteiger partial charge < -0.3 is 4.74 Å². The molecule has 2 aromatic heterocycles. The van der Waals surface area contributed by atoms with Gasteiger partial charge in [-0.25, -0.2) is 4.98 Å². The number of hydrogen-bond donors (Lipinski definition) is 0. The van der Waals surface area contributed by atoms with E-state index in [2.05, 4.69) is 4.98 Å². The second kappa shape index (κ2) is 7.80. The minimum Gasteiger partial charge on any atom is -0.427 e. The van der Waals surface area contributed by atoms with Gasteiger partial charge in [0.2, 0.25) is 0 Å². The normalized spacial score (nSPS) is 14.9. The fourth-order valence-electron chi connectivity index (χ4n) is 3.72. The third kappa shape index (κ3) is 4.03. The Morgan fingerprint density at radius 1 is 1.11 bits per heavy atom. The van der Waals surface area contributed by atoms with E-state index in [9.17, 15) is 14.9 Å². The van der Waals surface area contributed by atoms with Gasteiger partial charge in [0.05, 0.1) is 16.8 Å². The summed E-state index contributed by atoms with van der Waals surface area (Å²) in [5.74, 6) is 0.784. The molecule has 0 saturated heterocycles.